The number of rotatable bonds is 44. The van der Waals surface area contributed by atoms with Gasteiger partial charge in [-0.25, -0.2) is 0 Å². The van der Waals surface area contributed by atoms with Crippen molar-refractivity contribution < 1.29 is 32.9 Å². The van der Waals surface area contributed by atoms with Gasteiger partial charge in [0, 0.05) is 6.42 Å². The van der Waals surface area contributed by atoms with Crippen LogP contribution in [-0.2, 0) is 18.4 Å². The molecule has 0 aliphatic rings. The lowest BCUT2D eigenvalue weighted by atomic mass is 10.1. The van der Waals surface area contributed by atoms with Crippen molar-refractivity contribution in [3.05, 3.63) is 109 Å². The number of unbranched alkanes of at least 4 members (excludes halogenated alkanes) is 15. The highest BCUT2D eigenvalue weighted by atomic mass is 31.2. The lowest BCUT2D eigenvalue weighted by molar-refractivity contribution is -0.870. The lowest BCUT2D eigenvalue weighted by Gasteiger charge is -2.29. The molecule has 2 N–H and O–H groups in total. The Hall–Kier alpha value is -2.84. The normalized spacial score (nSPS) is 15.0. The molecule has 1 amide bonds. The van der Waals surface area contributed by atoms with E-state index in [1.807, 2.05) is 27.2 Å². The van der Waals surface area contributed by atoms with Crippen molar-refractivity contribution in [1.29, 1.82) is 0 Å². The number of hydrogen-bond donors (Lipinski definition) is 2. The molecule has 0 aliphatic carbocycles. The van der Waals surface area contributed by atoms with Gasteiger partial charge >= 0.3 is 0 Å². The molecule has 0 rings (SSSR count). The second kappa shape index (κ2) is 45.3. The van der Waals surface area contributed by atoms with Gasteiger partial charge in [0.05, 0.1) is 39.9 Å². The summed E-state index contributed by atoms with van der Waals surface area (Å²) < 4.78 is 23.2. The molecule has 0 saturated heterocycles. The van der Waals surface area contributed by atoms with Gasteiger partial charge in [0.1, 0.15) is 13.2 Å². The number of quaternary nitrogens is 1. The first-order valence-corrected chi connectivity index (χ1v) is 26.7. The average Bonchev–Trinajstić information content (AvgIpc) is 3.25. The lowest BCUT2D eigenvalue weighted by Crippen LogP contribution is -2.45. The van der Waals surface area contributed by atoms with Gasteiger partial charge in [-0.2, -0.15) is 0 Å². The van der Waals surface area contributed by atoms with Crippen LogP contribution in [0.25, 0.3) is 0 Å². The van der Waals surface area contributed by atoms with E-state index in [1.54, 1.807) is 6.08 Å². The first kappa shape index (κ1) is 61.2. The van der Waals surface area contributed by atoms with Crippen LogP contribution in [0.3, 0.4) is 0 Å². The third-order valence-electron chi connectivity index (χ3n) is 10.5. The number of carbonyl (C=O) groups excluding carboxylic acids is 1. The Balaban J connectivity index is 4.47. The van der Waals surface area contributed by atoms with Crippen molar-refractivity contribution in [1.82, 2.24) is 5.32 Å². The first-order valence-electron chi connectivity index (χ1n) is 25.2. The number of aliphatic hydroxyl groups excluding tert-OH is 1. The number of amides is 1. The Morgan fingerprint density at radius 3 is 1.45 bits per heavy atom. The summed E-state index contributed by atoms with van der Waals surface area (Å²) in [4.78, 5) is 25.4. The fraction of sp³-hybridized carbons (Fsp3) is 0.655. The molecule has 3 atom stereocenters. The molecule has 0 radical (unpaired) electrons. The molecule has 9 heteroatoms. The second-order valence-electron chi connectivity index (χ2n) is 17.8. The van der Waals surface area contributed by atoms with Crippen LogP contribution in [0.1, 0.15) is 181 Å². The van der Waals surface area contributed by atoms with Crippen LogP contribution in [0.2, 0.25) is 0 Å². The highest BCUT2D eigenvalue weighted by molar-refractivity contribution is 7.45. The predicted octanol–water partition coefficient (Wildman–Crippen LogP) is 14.2. The van der Waals surface area contributed by atoms with Crippen LogP contribution in [0, 0.1) is 0 Å². The molecule has 0 aromatic rings. The van der Waals surface area contributed by atoms with Crippen LogP contribution < -0.4 is 10.2 Å². The number of carbonyl (C=O) groups is 1. The number of nitrogens with zero attached hydrogens (tertiary/aromatic N) is 1. The Kier molecular flexibility index (Phi) is 43.3. The SMILES string of the molecule is CC/C=C\C/C=C\C/C=C\C/C=C\C/C=C\C/C=C\C/C=C\CCCCCC(=O)NC(COP(=O)([O-])OCC[N+](C)(C)C)C(O)/C=C/CC/C=C/CCCCCCCCCCCCC. The van der Waals surface area contributed by atoms with E-state index in [4.69, 9.17) is 9.05 Å². The van der Waals surface area contributed by atoms with Gasteiger partial charge in [0.15, 0.2) is 0 Å². The summed E-state index contributed by atoms with van der Waals surface area (Å²) in [5, 5.41) is 13.8. The zero-order valence-electron chi connectivity index (χ0n) is 41.4. The molecule has 366 valence electrons. The molecule has 0 bridgehead atoms. The van der Waals surface area contributed by atoms with Crippen molar-refractivity contribution >= 4 is 13.7 Å². The summed E-state index contributed by atoms with van der Waals surface area (Å²) in [5.41, 5.74) is 0. The Morgan fingerprint density at radius 1 is 0.562 bits per heavy atom. The van der Waals surface area contributed by atoms with E-state index in [9.17, 15) is 19.4 Å². The Bertz CT molecular complexity index is 1400. The van der Waals surface area contributed by atoms with Crippen molar-refractivity contribution in [2.24, 2.45) is 0 Å². The molecule has 0 spiro atoms. The van der Waals surface area contributed by atoms with E-state index < -0.39 is 26.6 Å². The molecule has 0 heterocycles. The van der Waals surface area contributed by atoms with Crippen molar-refractivity contribution in [2.45, 2.75) is 193 Å². The zero-order valence-corrected chi connectivity index (χ0v) is 42.3. The minimum absolute atomic E-state index is 0.0196. The number of nitrogens with one attached hydrogen (secondary N) is 1. The molecular formula is C55H95N2O6P. The molecule has 0 aromatic carbocycles. The molecule has 0 saturated carbocycles. The standard InChI is InChI=1S/C55H95N2O6P/c1-6-8-10-12-14-16-18-20-22-24-25-26-27-28-29-30-31-33-35-37-39-41-43-45-47-49-55(59)56-53(52-63-64(60,61)62-51-50-57(3,4)5)54(58)48-46-44-42-40-38-36-34-32-23-21-19-17-15-13-11-9-7-2/h8,10,14,16,20,22,25-26,28-29,31,33,37-40,46,48,53-54,58H,6-7,9,11-13,15,17-19,21,23-24,27,30,32,34-36,41-45,47,49-52H2,1-5H3,(H-,56,59,60,61)/b10-8-,16-14-,22-20-,26-25-,29-28-,33-31-,39-37-,40-38+,48-46+. The minimum atomic E-state index is -4.62. The summed E-state index contributed by atoms with van der Waals surface area (Å²) >= 11 is 0. The van der Waals surface area contributed by atoms with Crippen LogP contribution in [0.4, 0.5) is 0 Å². The number of phosphoric acid groups is 1. The zero-order chi connectivity index (χ0) is 47.1. The van der Waals surface area contributed by atoms with Gasteiger partial charge in [0.25, 0.3) is 7.82 Å². The van der Waals surface area contributed by atoms with Crippen molar-refractivity contribution in [3.63, 3.8) is 0 Å². The molecule has 64 heavy (non-hydrogen) atoms. The van der Waals surface area contributed by atoms with Gasteiger partial charge < -0.3 is 28.8 Å². The second-order valence-corrected chi connectivity index (χ2v) is 19.2. The maximum Gasteiger partial charge on any atom is 0.268 e. The van der Waals surface area contributed by atoms with Crippen LogP contribution in [-0.4, -0.2) is 68.5 Å². The minimum Gasteiger partial charge on any atom is -0.756 e. The molecule has 3 unspecified atom stereocenters. The number of likely N-dealkylation sites (N-methyl/N-ethyl adjacent to an activating group) is 1. The van der Waals surface area contributed by atoms with Gasteiger partial charge in [-0.15, -0.1) is 0 Å². The third-order valence-corrected chi connectivity index (χ3v) is 11.4. The monoisotopic (exact) mass is 911 g/mol. The number of phosphoric ester groups is 1. The average molecular weight is 911 g/mol. The summed E-state index contributed by atoms with van der Waals surface area (Å²) in [6.07, 6.45) is 65.7. The molecule has 0 aliphatic heterocycles. The van der Waals surface area contributed by atoms with E-state index >= 15 is 0 Å². The van der Waals surface area contributed by atoms with Gasteiger partial charge in [0.2, 0.25) is 5.91 Å². The summed E-state index contributed by atoms with van der Waals surface area (Å²) in [6, 6.07) is -0.929. The van der Waals surface area contributed by atoms with Crippen molar-refractivity contribution in [2.75, 3.05) is 40.9 Å². The number of aliphatic hydroxyl groups is 1. The maximum absolute atomic E-state index is 12.9. The number of hydrogen-bond acceptors (Lipinski definition) is 6. The first-order chi connectivity index (χ1) is 31.0. The smallest absolute Gasteiger partial charge is 0.268 e. The molecule has 8 nitrogen and oxygen atoms in total. The topological polar surface area (TPSA) is 108 Å². The fourth-order valence-electron chi connectivity index (χ4n) is 6.50. The van der Waals surface area contributed by atoms with E-state index in [1.165, 1.54) is 70.6 Å². The summed E-state index contributed by atoms with van der Waals surface area (Å²) in [6.45, 7) is 4.46. The summed E-state index contributed by atoms with van der Waals surface area (Å²) in [7, 11) is 1.20. The van der Waals surface area contributed by atoms with Crippen LogP contribution in [0.15, 0.2) is 109 Å². The van der Waals surface area contributed by atoms with Gasteiger partial charge in [-0.1, -0.05) is 194 Å². The van der Waals surface area contributed by atoms with Gasteiger partial charge in [-0.05, 0) is 89.9 Å². The predicted molar refractivity (Wildman–Crippen MR) is 274 cm³/mol. The highest BCUT2D eigenvalue weighted by Crippen LogP contribution is 2.38. The Labute approximate surface area is 393 Å². The fourth-order valence-corrected chi connectivity index (χ4v) is 7.22. The number of allylic oxidation sites excluding steroid dienone is 17. The molecular weight excluding hydrogens is 816 g/mol. The van der Waals surface area contributed by atoms with Crippen molar-refractivity contribution in [3.8, 4) is 0 Å². The molecule has 0 aromatic heterocycles. The largest absolute Gasteiger partial charge is 0.756 e. The van der Waals surface area contributed by atoms with Crippen LogP contribution in [0.5, 0.6) is 0 Å². The quantitative estimate of drug-likeness (QED) is 0.0273. The van der Waals surface area contributed by atoms with E-state index in [0.29, 0.717) is 17.4 Å². The third kappa shape index (κ3) is 47.1. The Morgan fingerprint density at radius 2 is 0.969 bits per heavy atom. The van der Waals surface area contributed by atoms with E-state index in [2.05, 4.69) is 116 Å². The highest BCUT2D eigenvalue weighted by Gasteiger charge is 2.23. The summed E-state index contributed by atoms with van der Waals surface area (Å²) in [5.74, 6) is -0.244. The van der Waals surface area contributed by atoms with E-state index in [-0.39, 0.29) is 18.9 Å². The molecule has 0 fully saturated rings. The maximum atomic E-state index is 12.9. The van der Waals surface area contributed by atoms with Gasteiger partial charge in [-0.3, -0.25) is 9.36 Å². The van der Waals surface area contributed by atoms with E-state index in [0.717, 1.165) is 83.5 Å². The van der Waals surface area contributed by atoms with Crippen LogP contribution >= 0.6 is 7.82 Å².